The first kappa shape index (κ1) is 13.2. The number of carbonyl (C=O) groups is 1. The molecule has 10 heavy (non-hydrogen) atoms. The van der Waals surface area contributed by atoms with E-state index in [4.69, 9.17) is 9.79 Å². The molecule has 0 radical (unpaired) electrons. The third-order valence-electron chi connectivity index (χ3n) is 0.506. The van der Waals surface area contributed by atoms with Gasteiger partial charge < -0.3 is 16.0 Å². The van der Waals surface area contributed by atoms with Crippen molar-refractivity contribution in [3.8, 4) is 0 Å². The molecule has 0 fully saturated rings. The molecular weight excluding hydrogens is 170 g/mol. The maximum atomic E-state index is 10.1. The van der Waals surface area contributed by atoms with Crippen LogP contribution in [-0.4, -0.2) is 22.1 Å². The van der Waals surface area contributed by atoms with Crippen molar-refractivity contribution in [2.24, 2.45) is 0 Å². The molecule has 0 bridgehead atoms. The van der Waals surface area contributed by atoms with E-state index in [2.05, 4.69) is 4.74 Å². The summed E-state index contributed by atoms with van der Waals surface area (Å²) in [5, 5.41) is 0. The first-order chi connectivity index (χ1) is 3.98. The molecule has 0 heterocycles. The Hall–Kier alpha value is 0.620. The van der Waals surface area contributed by atoms with Gasteiger partial charge in [0.25, 0.3) is 0 Å². The Balaban J connectivity index is -0.000000320. The number of rotatable bonds is 2. The van der Waals surface area contributed by atoms with Crippen LogP contribution in [0.1, 0.15) is 8.35 Å². The molecule has 0 spiro atoms. The van der Waals surface area contributed by atoms with E-state index in [0.29, 0.717) is 0 Å². The van der Waals surface area contributed by atoms with E-state index in [1.807, 2.05) is 0 Å². The molecule has 0 aromatic rings. The molecule has 0 aliphatic rings. The van der Waals surface area contributed by atoms with Crippen LogP contribution in [0.15, 0.2) is 0 Å². The van der Waals surface area contributed by atoms with Crippen molar-refractivity contribution in [2.75, 3.05) is 6.61 Å². The van der Waals surface area contributed by atoms with Gasteiger partial charge in [0.2, 0.25) is 0 Å². The van der Waals surface area contributed by atoms with Gasteiger partial charge >= 0.3 is 42.9 Å². The fourth-order valence-electron chi connectivity index (χ4n) is 0.208. The van der Waals surface area contributed by atoms with Crippen molar-refractivity contribution < 1.29 is 54.9 Å². The van der Waals surface area contributed by atoms with Crippen LogP contribution in [0, 0.1) is 0 Å². The molecule has 2 N–H and O–H groups in total. The molecule has 0 amide bonds. The minimum absolute atomic E-state index is 0. The molecule has 5 nitrogen and oxygen atoms in total. The SMILES string of the molecule is CCOC(=O)P(=O)(O)O.[H-].[Na+]. The van der Waals surface area contributed by atoms with E-state index in [0.717, 1.165) is 0 Å². The molecule has 0 aliphatic carbocycles. The van der Waals surface area contributed by atoms with Gasteiger partial charge in [-0.15, -0.1) is 0 Å². The second-order valence-electron chi connectivity index (χ2n) is 1.24. The van der Waals surface area contributed by atoms with E-state index >= 15 is 0 Å². The molecule has 0 unspecified atom stereocenters. The zero-order valence-corrected chi connectivity index (χ0v) is 8.67. The van der Waals surface area contributed by atoms with Crippen LogP contribution in [-0.2, 0) is 9.30 Å². The van der Waals surface area contributed by atoms with Gasteiger partial charge in [0.1, 0.15) is 0 Å². The summed E-state index contributed by atoms with van der Waals surface area (Å²) in [7, 11) is -4.63. The minimum atomic E-state index is -4.63. The fraction of sp³-hybridized carbons (Fsp3) is 0.667. The average Bonchev–Trinajstić information content (AvgIpc) is 1.64. The molecule has 0 aromatic heterocycles. The van der Waals surface area contributed by atoms with Gasteiger partial charge in [-0.3, -0.25) is 0 Å². The van der Waals surface area contributed by atoms with Crippen molar-refractivity contribution in [2.45, 2.75) is 6.92 Å². The van der Waals surface area contributed by atoms with Gasteiger partial charge in [-0.05, 0) is 6.92 Å². The maximum Gasteiger partial charge on any atom is 1.00 e. The molecule has 0 atom stereocenters. The Morgan fingerprint density at radius 2 is 2.10 bits per heavy atom. The normalized spacial score (nSPS) is 9.90. The molecule has 7 heteroatoms. The van der Waals surface area contributed by atoms with Crippen molar-refractivity contribution in [1.82, 2.24) is 0 Å². The summed E-state index contributed by atoms with van der Waals surface area (Å²) in [6.07, 6.45) is 0. The quantitative estimate of drug-likeness (QED) is 0.359. The first-order valence-corrected chi connectivity index (χ1v) is 3.82. The average molecular weight is 178 g/mol. The Morgan fingerprint density at radius 1 is 1.70 bits per heavy atom. The molecule has 0 rings (SSSR count). The van der Waals surface area contributed by atoms with Gasteiger partial charge in [-0.2, -0.15) is 0 Å². The maximum absolute atomic E-state index is 10.1. The molecule has 0 aromatic carbocycles. The second kappa shape index (κ2) is 5.29. The van der Waals surface area contributed by atoms with E-state index in [1.54, 1.807) is 0 Å². The summed E-state index contributed by atoms with van der Waals surface area (Å²) < 4.78 is 13.9. The van der Waals surface area contributed by atoms with Crippen molar-refractivity contribution in [3.63, 3.8) is 0 Å². The van der Waals surface area contributed by atoms with Crippen LogP contribution < -0.4 is 29.6 Å². The fourth-order valence-corrected chi connectivity index (χ4v) is 0.505. The number of hydrogen-bond donors (Lipinski definition) is 2. The zero-order valence-electron chi connectivity index (χ0n) is 6.77. The number of carbonyl (C=O) groups excluding carboxylic acids is 1. The predicted octanol–water partition coefficient (Wildman–Crippen LogP) is -2.56. The van der Waals surface area contributed by atoms with Gasteiger partial charge in [0, 0.05) is 0 Å². The second-order valence-corrected chi connectivity index (χ2v) is 2.70. The summed E-state index contributed by atoms with van der Waals surface area (Å²) in [6, 6.07) is 0. The van der Waals surface area contributed by atoms with Crippen LogP contribution in [0.3, 0.4) is 0 Å². The Kier molecular flexibility index (Phi) is 7.00. The molecular formula is C3H8NaO5P. The van der Waals surface area contributed by atoms with Crippen LogP contribution in [0.2, 0.25) is 0 Å². The molecule has 0 aliphatic heterocycles. The van der Waals surface area contributed by atoms with Crippen LogP contribution in [0.5, 0.6) is 0 Å². The van der Waals surface area contributed by atoms with Crippen LogP contribution >= 0.6 is 7.60 Å². The number of hydrogen-bond acceptors (Lipinski definition) is 3. The van der Waals surface area contributed by atoms with Crippen molar-refractivity contribution in [1.29, 1.82) is 0 Å². The van der Waals surface area contributed by atoms with E-state index < -0.39 is 13.3 Å². The molecule has 56 valence electrons. The largest absolute Gasteiger partial charge is 1.00 e. The van der Waals surface area contributed by atoms with Crippen LogP contribution in [0.25, 0.3) is 0 Å². The smallest absolute Gasteiger partial charge is 1.00 e. The van der Waals surface area contributed by atoms with Crippen molar-refractivity contribution >= 4 is 13.3 Å². The van der Waals surface area contributed by atoms with Gasteiger partial charge in [0.15, 0.2) is 0 Å². The zero-order chi connectivity index (χ0) is 7.49. The monoisotopic (exact) mass is 178 g/mol. The summed E-state index contributed by atoms with van der Waals surface area (Å²) in [4.78, 5) is 26.2. The standard InChI is InChI=1S/C3H7O5P.Na.H/c1-2-8-3(4)9(5,6)7;;/h2H2,1H3,(H2,5,6,7);;/q;+1;-1. The minimum Gasteiger partial charge on any atom is -1.00 e. The summed E-state index contributed by atoms with van der Waals surface area (Å²) in [5.74, 6) is 0. The molecule has 0 saturated heterocycles. The summed E-state index contributed by atoms with van der Waals surface area (Å²) in [5.41, 5.74) is -1.47. The van der Waals surface area contributed by atoms with E-state index in [1.165, 1.54) is 6.92 Å². The number of ether oxygens (including phenoxy) is 1. The Bertz CT molecular complexity index is 156. The summed E-state index contributed by atoms with van der Waals surface area (Å²) in [6.45, 7) is 1.44. The predicted molar refractivity (Wildman–Crippen MR) is 30.2 cm³/mol. The van der Waals surface area contributed by atoms with Gasteiger partial charge in [-0.25, -0.2) is 9.36 Å². The van der Waals surface area contributed by atoms with Crippen LogP contribution in [0.4, 0.5) is 4.79 Å². The summed E-state index contributed by atoms with van der Waals surface area (Å²) >= 11 is 0. The van der Waals surface area contributed by atoms with E-state index in [9.17, 15) is 9.36 Å². The Labute approximate surface area is 81.7 Å². The van der Waals surface area contributed by atoms with Gasteiger partial charge in [-0.1, -0.05) is 0 Å². The Morgan fingerprint density at radius 3 is 2.20 bits per heavy atom. The van der Waals surface area contributed by atoms with E-state index in [-0.39, 0.29) is 37.6 Å². The van der Waals surface area contributed by atoms with Crippen molar-refractivity contribution in [3.05, 3.63) is 0 Å². The third kappa shape index (κ3) is 5.41. The third-order valence-corrected chi connectivity index (χ3v) is 1.11. The first-order valence-electron chi connectivity index (χ1n) is 2.21. The van der Waals surface area contributed by atoms with Gasteiger partial charge in [0.05, 0.1) is 6.61 Å². The molecule has 0 saturated carbocycles. The topological polar surface area (TPSA) is 83.8 Å².